The van der Waals surface area contributed by atoms with Crippen LogP contribution >= 0.6 is 27.5 Å². The van der Waals surface area contributed by atoms with E-state index in [1.165, 1.54) is 31.4 Å². The normalized spacial score (nSPS) is 22.6. The molecule has 0 bridgehead atoms. The number of allylic oxidation sites excluding steroid dienone is 3. The van der Waals surface area contributed by atoms with E-state index in [0.717, 1.165) is 5.01 Å². The van der Waals surface area contributed by atoms with Gasteiger partial charge in [0, 0.05) is 21.0 Å². The van der Waals surface area contributed by atoms with Crippen molar-refractivity contribution in [3.05, 3.63) is 111 Å². The van der Waals surface area contributed by atoms with Crippen LogP contribution in [0.15, 0.2) is 89.4 Å². The number of carbonyl (C=O) groups excluding carboxylic acids is 2. The summed E-state index contributed by atoms with van der Waals surface area (Å²) in [4.78, 5) is 28.5. The molecular formula is C29H23BrClFN2O4. The third-order valence-corrected chi connectivity index (χ3v) is 7.96. The maximum absolute atomic E-state index is 14.6. The van der Waals surface area contributed by atoms with Crippen LogP contribution < -0.4 is 10.2 Å². The number of nitrogens with one attached hydrogen (secondary N) is 1. The Morgan fingerprint density at radius 3 is 2.50 bits per heavy atom. The average molecular weight is 598 g/mol. The molecule has 9 heteroatoms. The molecule has 1 fully saturated rings. The van der Waals surface area contributed by atoms with Crippen LogP contribution in [-0.4, -0.2) is 29.0 Å². The molecule has 1 aliphatic carbocycles. The van der Waals surface area contributed by atoms with Gasteiger partial charge in [-0.1, -0.05) is 58.4 Å². The number of ether oxygens (including phenoxy) is 1. The molecule has 3 aromatic carbocycles. The molecule has 0 spiro atoms. The lowest BCUT2D eigenvalue weighted by atomic mass is 9.56. The number of phenols is 1. The minimum absolute atomic E-state index is 0.146. The van der Waals surface area contributed by atoms with E-state index in [1.807, 2.05) is 6.08 Å². The number of hydrazine groups is 1. The maximum Gasteiger partial charge on any atom is 0.260 e. The molecule has 38 heavy (non-hydrogen) atoms. The monoisotopic (exact) mass is 596 g/mol. The molecule has 2 amide bonds. The smallest absolute Gasteiger partial charge is 0.260 e. The predicted octanol–water partition coefficient (Wildman–Crippen LogP) is 6.51. The van der Waals surface area contributed by atoms with Gasteiger partial charge >= 0.3 is 0 Å². The SMILES string of the molecule is C=CC1=CCC2C(=O)N(Nc3ccc(F)cc3)C(=O)C2(c2ccc(Cl)cc2)C1c1cc(Br)cc(OC)c1O. The summed E-state index contributed by atoms with van der Waals surface area (Å²) in [5.74, 6) is -2.96. The lowest BCUT2D eigenvalue weighted by molar-refractivity contribution is -0.138. The number of imide groups is 1. The van der Waals surface area contributed by atoms with Crippen molar-refractivity contribution in [2.45, 2.75) is 17.8 Å². The Morgan fingerprint density at radius 2 is 1.87 bits per heavy atom. The number of rotatable bonds is 6. The van der Waals surface area contributed by atoms with E-state index in [9.17, 15) is 19.1 Å². The van der Waals surface area contributed by atoms with E-state index in [2.05, 4.69) is 27.9 Å². The number of carbonyl (C=O) groups is 2. The van der Waals surface area contributed by atoms with Crippen LogP contribution in [0.3, 0.4) is 0 Å². The third kappa shape index (κ3) is 3.99. The molecule has 3 aromatic rings. The lowest BCUT2D eigenvalue weighted by Crippen LogP contribution is -2.48. The molecule has 1 aliphatic heterocycles. The summed E-state index contributed by atoms with van der Waals surface area (Å²) in [6.07, 6.45) is 3.77. The molecule has 2 aliphatic rings. The van der Waals surface area contributed by atoms with Gasteiger partial charge in [-0.3, -0.25) is 15.0 Å². The van der Waals surface area contributed by atoms with E-state index >= 15 is 0 Å². The number of halogens is 3. The van der Waals surface area contributed by atoms with Crippen molar-refractivity contribution >= 4 is 45.0 Å². The first-order valence-electron chi connectivity index (χ1n) is 11.8. The van der Waals surface area contributed by atoms with Crippen molar-refractivity contribution in [3.63, 3.8) is 0 Å². The van der Waals surface area contributed by atoms with E-state index in [1.54, 1.807) is 42.5 Å². The summed E-state index contributed by atoms with van der Waals surface area (Å²) in [7, 11) is 1.44. The van der Waals surface area contributed by atoms with Gasteiger partial charge in [-0.25, -0.2) is 4.39 Å². The van der Waals surface area contributed by atoms with Crippen LogP contribution in [0.2, 0.25) is 5.02 Å². The van der Waals surface area contributed by atoms with Gasteiger partial charge in [-0.05, 0) is 66.1 Å². The van der Waals surface area contributed by atoms with Gasteiger partial charge in [0.15, 0.2) is 11.5 Å². The highest BCUT2D eigenvalue weighted by Crippen LogP contribution is 2.59. The second kappa shape index (κ2) is 9.93. The van der Waals surface area contributed by atoms with Gasteiger partial charge in [-0.15, -0.1) is 0 Å². The molecule has 1 heterocycles. The van der Waals surface area contributed by atoms with Crippen LogP contribution in [0.4, 0.5) is 10.1 Å². The number of nitrogens with zero attached hydrogens (tertiary/aromatic N) is 1. The maximum atomic E-state index is 14.6. The van der Waals surface area contributed by atoms with E-state index in [-0.39, 0.29) is 17.9 Å². The zero-order valence-electron chi connectivity index (χ0n) is 20.3. The van der Waals surface area contributed by atoms with Gasteiger partial charge in [0.25, 0.3) is 11.8 Å². The number of hydrogen-bond acceptors (Lipinski definition) is 5. The average Bonchev–Trinajstić information content (AvgIpc) is 3.13. The Balaban J connectivity index is 1.77. The molecule has 3 unspecified atom stereocenters. The summed E-state index contributed by atoms with van der Waals surface area (Å²) in [5.41, 5.74) is 3.42. The summed E-state index contributed by atoms with van der Waals surface area (Å²) >= 11 is 9.69. The van der Waals surface area contributed by atoms with Crippen molar-refractivity contribution in [2.75, 3.05) is 12.5 Å². The van der Waals surface area contributed by atoms with Crippen LogP contribution in [0.1, 0.15) is 23.5 Å². The molecule has 1 saturated heterocycles. The first kappa shape index (κ1) is 26.0. The van der Waals surface area contributed by atoms with Gasteiger partial charge < -0.3 is 9.84 Å². The predicted molar refractivity (Wildman–Crippen MR) is 146 cm³/mol. The molecule has 6 nitrogen and oxygen atoms in total. The topological polar surface area (TPSA) is 78.9 Å². The first-order valence-corrected chi connectivity index (χ1v) is 12.9. The van der Waals surface area contributed by atoms with Crippen LogP contribution in [0.5, 0.6) is 11.5 Å². The fourth-order valence-electron chi connectivity index (χ4n) is 5.60. The van der Waals surface area contributed by atoms with Crippen molar-refractivity contribution in [1.29, 1.82) is 0 Å². The van der Waals surface area contributed by atoms with Gasteiger partial charge in [0.05, 0.1) is 24.1 Å². The molecule has 0 saturated carbocycles. The van der Waals surface area contributed by atoms with Gasteiger partial charge in [0.2, 0.25) is 0 Å². The fraction of sp³-hybridized carbons (Fsp3) is 0.172. The summed E-state index contributed by atoms with van der Waals surface area (Å²) in [5, 5.41) is 12.8. The Morgan fingerprint density at radius 1 is 1.18 bits per heavy atom. The fourth-order valence-corrected chi connectivity index (χ4v) is 6.18. The number of methoxy groups -OCH3 is 1. The van der Waals surface area contributed by atoms with Crippen LogP contribution in [0, 0.1) is 11.7 Å². The van der Waals surface area contributed by atoms with Crippen molar-refractivity contribution < 1.29 is 23.8 Å². The quantitative estimate of drug-likeness (QED) is 0.317. The lowest BCUT2D eigenvalue weighted by Gasteiger charge is -2.43. The largest absolute Gasteiger partial charge is 0.504 e. The standard InChI is InChI=1S/C29H23BrClFN2O4/c1-3-16-4-13-23-27(36)34(33-21-11-9-20(32)10-12-21)28(37)29(23,17-5-7-19(31)8-6-17)25(16)22-14-18(30)15-24(38-2)26(22)35/h3-12,14-15,23,25,33,35H,1,13H2,2H3. The Kier molecular flexibility index (Phi) is 6.79. The number of fused-ring (bicyclic) bond motifs is 1. The highest BCUT2D eigenvalue weighted by atomic mass is 79.9. The molecule has 3 atom stereocenters. The highest BCUT2D eigenvalue weighted by Gasteiger charge is 2.66. The third-order valence-electron chi connectivity index (χ3n) is 7.25. The Labute approximate surface area is 232 Å². The molecular weight excluding hydrogens is 575 g/mol. The Hall–Kier alpha value is -3.62. The highest BCUT2D eigenvalue weighted by molar-refractivity contribution is 9.10. The zero-order valence-corrected chi connectivity index (χ0v) is 22.6. The number of amides is 2. The van der Waals surface area contributed by atoms with Gasteiger partial charge in [-0.2, -0.15) is 5.01 Å². The van der Waals surface area contributed by atoms with Crippen LogP contribution in [-0.2, 0) is 15.0 Å². The van der Waals surface area contributed by atoms with E-state index < -0.39 is 34.9 Å². The number of benzene rings is 3. The van der Waals surface area contributed by atoms with Crippen LogP contribution in [0.25, 0.3) is 0 Å². The van der Waals surface area contributed by atoms with E-state index in [0.29, 0.717) is 31.9 Å². The van der Waals surface area contributed by atoms with Gasteiger partial charge in [0.1, 0.15) is 5.82 Å². The number of phenolic OH excluding ortho intramolecular Hbond substituents is 1. The first-order chi connectivity index (χ1) is 18.2. The summed E-state index contributed by atoms with van der Waals surface area (Å²) in [6, 6.07) is 15.5. The number of aromatic hydroxyl groups is 1. The zero-order chi connectivity index (χ0) is 27.2. The summed E-state index contributed by atoms with van der Waals surface area (Å²) < 4.78 is 19.5. The molecule has 0 aromatic heterocycles. The minimum atomic E-state index is -1.46. The second-order valence-electron chi connectivity index (χ2n) is 9.15. The summed E-state index contributed by atoms with van der Waals surface area (Å²) in [6.45, 7) is 3.97. The van der Waals surface area contributed by atoms with Crippen molar-refractivity contribution in [2.24, 2.45) is 5.92 Å². The molecule has 0 radical (unpaired) electrons. The van der Waals surface area contributed by atoms with Crippen molar-refractivity contribution in [3.8, 4) is 11.5 Å². The minimum Gasteiger partial charge on any atom is -0.504 e. The number of hydrogen-bond donors (Lipinski definition) is 2. The molecule has 194 valence electrons. The molecule has 5 rings (SSSR count). The second-order valence-corrected chi connectivity index (χ2v) is 10.5. The molecule has 2 N–H and O–H groups in total. The van der Waals surface area contributed by atoms with E-state index in [4.69, 9.17) is 16.3 Å². The Bertz CT molecular complexity index is 1480. The number of anilines is 1. The van der Waals surface area contributed by atoms with Crippen molar-refractivity contribution in [1.82, 2.24) is 5.01 Å².